The van der Waals surface area contributed by atoms with Crippen LogP contribution in [0.25, 0.3) is 0 Å². The van der Waals surface area contributed by atoms with Gasteiger partial charge in [-0.2, -0.15) is 0 Å². The van der Waals surface area contributed by atoms with E-state index in [9.17, 15) is 4.79 Å². The van der Waals surface area contributed by atoms with Crippen molar-refractivity contribution in [1.29, 1.82) is 0 Å². The smallest absolute Gasteiger partial charge is 0.230 e. The largest absolute Gasteiger partial charge is 0.356 e. The molecule has 1 aliphatic carbocycles. The summed E-state index contributed by atoms with van der Waals surface area (Å²) in [4.78, 5) is 22.7. The van der Waals surface area contributed by atoms with Crippen LogP contribution in [0, 0.1) is 0 Å². The van der Waals surface area contributed by atoms with Crippen LogP contribution in [0.4, 0.5) is 5.82 Å². The number of piperidine rings is 1. The zero-order valence-electron chi connectivity index (χ0n) is 11.8. The monoisotopic (exact) mass is 326 g/mol. The molecule has 2 heterocycles. The molecular formula is C14H19ClN4OS. The molecule has 0 spiro atoms. The molecule has 5 nitrogen and oxygen atoms in total. The highest BCUT2D eigenvalue weighted by atomic mass is 35.5. The number of hydrogen-bond donors (Lipinski definition) is 1. The van der Waals surface area contributed by atoms with Crippen LogP contribution in [-0.4, -0.2) is 40.8 Å². The molecule has 1 aliphatic heterocycles. The predicted octanol–water partition coefficient (Wildman–Crippen LogP) is 2.49. The maximum absolute atomic E-state index is 11.7. The number of hydrogen-bond acceptors (Lipinski definition) is 5. The number of anilines is 1. The molecule has 3 rings (SSSR count). The summed E-state index contributed by atoms with van der Waals surface area (Å²) in [5, 5.41) is 3.98. The molecule has 0 unspecified atom stereocenters. The lowest BCUT2D eigenvalue weighted by atomic mass is 10.1. The van der Waals surface area contributed by atoms with Gasteiger partial charge in [-0.25, -0.2) is 9.97 Å². The fraction of sp³-hybridized carbons (Fsp3) is 0.643. The van der Waals surface area contributed by atoms with Gasteiger partial charge in [0.25, 0.3) is 0 Å². The summed E-state index contributed by atoms with van der Waals surface area (Å²) in [5.74, 6) is 1.27. The second kappa shape index (κ2) is 6.83. The van der Waals surface area contributed by atoms with E-state index in [-0.39, 0.29) is 5.91 Å². The Balaban J connectivity index is 1.61. The van der Waals surface area contributed by atoms with Crippen molar-refractivity contribution in [3.63, 3.8) is 0 Å². The van der Waals surface area contributed by atoms with Gasteiger partial charge in [-0.1, -0.05) is 23.4 Å². The van der Waals surface area contributed by atoms with E-state index in [0.717, 1.165) is 31.7 Å². The highest BCUT2D eigenvalue weighted by molar-refractivity contribution is 7.99. The Labute approximate surface area is 133 Å². The molecule has 1 saturated carbocycles. The van der Waals surface area contributed by atoms with E-state index in [1.54, 1.807) is 6.07 Å². The number of amides is 1. The molecule has 1 saturated heterocycles. The quantitative estimate of drug-likeness (QED) is 0.512. The Kier molecular flexibility index (Phi) is 4.85. The van der Waals surface area contributed by atoms with Gasteiger partial charge in [0.2, 0.25) is 5.91 Å². The van der Waals surface area contributed by atoms with Gasteiger partial charge in [-0.05, 0) is 32.1 Å². The molecule has 1 aromatic heterocycles. The van der Waals surface area contributed by atoms with Crippen LogP contribution in [0.15, 0.2) is 11.2 Å². The SMILES string of the molecule is O=C(CSc1nc(Cl)cc(N2CCCCC2)n1)NC1CC1. The Hall–Kier alpha value is -1.01. The van der Waals surface area contributed by atoms with Crippen molar-refractivity contribution in [2.45, 2.75) is 43.3 Å². The van der Waals surface area contributed by atoms with Gasteiger partial charge in [0.1, 0.15) is 11.0 Å². The Bertz CT molecular complexity index is 518. The van der Waals surface area contributed by atoms with Crippen LogP contribution in [0.1, 0.15) is 32.1 Å². The van der Waals surface area contributed by atoms with E-state index in [0.29, 0.717) is 22.1 Å². The number of carbonyl (C=O) groups is 1. The van der Waals surface area contributed by atoms with Gasteiger partial charge in [0, 0.05) is 25.2 Å². The van der Waals surface area contributed by atoms with Crippen molar-refractivity contribution in [2.24, 2.45) is 0 Å². The van der Waals surface area contributed by atoms with Gasteiger partial charge < -0.3 is 10.2 Å². The third-order valence-electron chi connectivity index (χ3n) is 3.62. The van der Waals surface area contributed by atoms with Crippen molar-refractivity contribution >= 4 is 35.1 Å². The Morgan fingerprint density at radius 1 is 1.33 bits per heavy atom. The van der Waals surface area contributed by atoms with E-state index in [4.69, 9.17) is 11.6 Å². The van der Waals surface area contributed by atoms with Gasteiger partial charge in [0.15, 0.2) is 5.16 Å². The van der Waals surface area contributed by atoms with E-state index in [1.807, 2.05) is 0 Å². The third-order valence-corrected chi connectivity index (χ3v) is 4.66. The van der Waals surface area contributed by atoms with E-state index in [1.165, 1.54) is 31.0 Å². The van der Waals surface area contributed by atoms with Crippen molar-refractivity contribution in [3.05, 3.63) is 11.2 Å². The van der Waals surface area contributed by atoms with E-state index >= 15 is 0 Å². The van der Waals surface area contributed by atoms with Crippen molar-refractivity contribution in [2.75, 3.05) is 23.7 Å². The summed E-state index contributed by atoms with van der Waals surface area (Å²) in [6.07, 6.45) is 5.85. The molecule has 0 aromatic carbocycles. The molecule has 1 aromatic rings. The summed E-state index contributed by atoms with van der Waals surface area (Å²) in [6.45, 7) is 2.03. The minimum absolute atomic E-state index is 0.0469. The molecule has 0 atom stereocenters. The molecule has 0 radical (unpaired) electrons. The third kappa shape index (κ3) is 4.48. The molecule has 21 heavy (non-hydrogen) atoms. The Morgan fingerprint density at radius 2 is 2.10 bits per heavy atom. The van der Waals surface area contributed by atoms with Crippen molar-refractivity contribution in [3.8, 4) is 0 Å². The second-order valence-electron chi connectivity index (χ2n) is 5.51. The average Bonchev–Trinajstić information content (AvgIpc) is 3.29. The van der Waals surface area contributed by atoms with E-state index in [2.05, 4.69) is 20.2 Å². The highest BCUT2D eigenvalue weighted by Gasteiger charge is 2.23. The number of nitrogens with one attached hydrogen (secondary N) is 1. The predicted molar refractivity (Wildman–Crippen MR) is 85.0 cm³/mol. The number of thioether (sulfide) groups is 1. The second-order valence-corrected chi connectivity index (χ2v) is 6.84. The number of carbonyl (C=O) groups excluding carboxylic acids is 1. The van der Waals surface area contributed by atoms with Crippen LogP contribution >= 0.6 is 23.4 Å². The number of aromatic nitrogens is 2. The zero-order valence-corrected chi connectivity index (χ0v) is 13.4. The van der Waals surface area contributed by atoms with Crippen LogP contribution in [0.5, 0.6) is 0 Å². The molecule has 1 amide bonds. The Morgan fingerprint density at radius 3 is 2.81 bits per heavy atom. The zero-order chi connectivity index (χ0) is 14.7. The average molecular weight is 327 g/mol. The van der Waals surface area contributed by atoms with Crippen molar-refractivity contribution in [1.82, 2.24) is 15.3 Å². The van der Waals surface area contributed by atoms with Gasteiger partial charge in [0.05, 0.1) is 5.75 Å². The molecule has 114 valence electrons. The molecule has 1 N–H and O–H groups in total. The first kappa shape index (κ1) is 14.9. The molecule has 0 bridgehead atoms. The first-order chi connectivity index (χ1) is 10.2. The maximum atomic E-state index is 11.7. The van der Waals surface area contributed by atoms with Crippen LogP contribution in [0.2, 0.25) is 5.15 Å². The van der Waals surface area contributed by atoms with Gasteiger partial charge in [-0.15, -0.1) is 0 Å². The summed E-state index contributed by atoms with van der Waals surface area (Å²) >= 11 is 7.43. The van der Waals surface area contributed by atoms with Crippen LogP contribution in [0.3, 0.4) is 0 Å². The summed E-state index contributed by atoms with van der Waals surface area (Å²) < 4.78 is 0. The first-order valence-corrected chi connectivity index (χ1v) is 8.79. The van der Waals surface area contributed by atoms with E-state index < -0.39 is 0 Å². The molecule has 2 aliphatic rings. The number of halogens is 1. The molecule has 7 heteroatoms. The topological polar surface area (TPSA) is 58.1 Å². The van der Waals surface area contributed by atoms with Gasteiger partial charge >= 0.3 is 0 Å². The van der Waals surface area contributed by atoms with Crippen LogP contribution in [-0.2, 0) is 4.79 Å². The standard InChI is InChI=1S/C14H19ClN4OS/c15-11-8-12(19-6-2-1-3-7-19)18-14(17-11)21-9-13(20)16-10-4-5-10/h8,10H,1-7,9H2,(H,16,20). The maximum Gasteiger partial charge on any atom is 0.230 e. The fourth-order valence-electron chi connectivity index (χ4n) is 2.36. The molecular weight excluding hydrogens is 308 g/mol. The highest BCUT2D eigenvalue weighted by Crippen LogP contribution is 2.24. The minimum atomic E-state index is 0.0469. The lowest BCUT2D eigenvalue weighted by Crippen LogP contribution is -2.30. The van der Waals surface area contributed by atoms with Crippen LogP contribution < -0.4 is 10.2 Å². The normalized spacial score (nSPS) is 18.6. The first-order valence-electron chi connectivity index (χ1n) is 7.42. The number of rotatable bonds is 5. The summed E-state index contributed by atoms with van der Waals surface area (Å²) in [6, 6.07) is 2.20. The lowest BCUT2D eigenvalue weighted by molar-refractivity contribution is -0.118. The summed E-state index contributed by atoms with van der Waals surface area (Å²) in [5.41, 5.74) is 0. The fourth-order valence-corrected chi connectivity index (χ4v) is 3.25. The lowest BCUT2D eigenvalue weighted by Gasteiger charge is -2.27. The molecule has 2 fully saturated rings. The van der Waals surface area contributed by atoms with Gasteiger partial charge in [-0.3, -0.25) is 4.79 Å². The van der Waals surface area contributed by atoms with Crippen molar-refractivity contribution < 1.29 is 4.79 Å². The minimum Gasteiger partial charge on any atom is -0.356 e. The number of nitrogens with zero attached hydrogens (tertiary/aromatic N) is 3. The summed E-state index contributed by atoms with van der Waals surface area (Å²) in [7, 11) is 0.